The second kappa shape index (κ2) is 9.01. The molecule has 1 heterocycles. The Hall–Kier alpha value is -1.43. The van der Waals surface area contributed by atoms with Gasteiger partial charge in [0.15, 0.2) is 0 Å². The third-order valence-electron chi connectivity index (χ3n) is 4.46. The van der Waals surface area contributed by atoms with E-state index < -0.39 is 0 Å². The minimum absolute atomic E-state index is 0.0949. The number of carbonyl (C=O) groups excluding carboxylic acids is 1. The van der Waals surface area contributed by atoms with E-state index in [1.54, 1.807) is 0 Å². The molecule has 1 fully saturated rings. The van der Waals surface area contributed by atoms with Crippen LogP contribution in [0.1, 0.15) is 31.4 Å². The van der Waals surface area contributed by atoms with Gasteiger partial charge in [0.05, 0.1) is 13.2 Å². The van der Waals surface area contributed by atoms with Crippen LogP contribution in [-0.4, -0.2) is 59.6 Å². The molecule has 0 aromatic heterocycles. The van der Waals surface area contributed by atoms with Crippen molar-refractivity contribution in [2.24, 2.45) is 0 Å². The molecule has 0 radical (unpaired) electrons. The highest BCUT2D eigenvalue weighted by Crippen LogP contribution is 2.10. The molecule has 5 heteroatoms. The summed E-state index contributed by atoms with van der Waals surface area (Å²) in [6, 6.07) is 8.37. The van der Waals surface area contributed by atoms with Crippen molar-refractivity contribution in [1.29, 1.82) is 0 Å². The van der Waals surface area contributed by atoms with Gasteiger partial charge in [-0.3, -0.25) is 14.6 Å². The molecule has 1 atom stereocenters. The number of benzene rings is 1. The fraction of sp³-hybridized carbons (Fsp3) is 0.611. The van der Waals surface area contributed by atoms with Gasteiger partial charge >= 0.3 is 0 Å². The van der Waals surface area contributed by atoms with E-state index in [1.165, 1.54) is 5.56 Å². The van der Waals surface area contributed by atoms with Crippen molar-refractivity contribution in [3.8, 4) is 0 Å². The molecule has 0 saturated carbocycles. The van der Waals surface area contributed by atoms with E-state index in [0.29, 0.717) is 6.54 Å². The number of amides is 1. The van der Waals surface area contributed by atoms with Crippen LogP contribution in [0.2, 0.25) is 0 Å². The molecule has 1 aromatic carbocycles. The van der Waals surface area contributed by atoms with E-state index >= 15 is 0 Å². The molecule has 0 bridgehead atoms. The van der Waals surface area contributed by atoms with Crippen LogP contribution in [0.25, 0.3) is 0 Å². The molecule has 5 nitrogen and oxygen atoms in total. The molecule has 1 aromatic rings. The number of rotatable bonds is 7. The second-order valence-corrected chi connectivity index (χ2v) is 6.40. The molecule has 0 spiro atoms. The van der Waals surface area contributed by atoms with Crippen LogP contribution in [0.5, 0.6) is 0 Å². The van der Waals surface area contributed by atoms with Crippen molar-refractivity contribution >= 4 is 5.91 Å². The minimum atomic E-state index is 0.0949. The highest BCUT2D eigenvalue weighted by Gasteiger charge is 2.19. The van der Waals surface area contributed by atoms with Gasteiger partial charge in [0.2, 0.25) is 5.91 Å². The van der Waals surface area contributed by atoms with Gasteiger partial charge in [-0.2, -0.15) is 0 Å². The predicted octanol–water partition coefficient (Wildman–Crippen LogP) is 1.21. The number of piperazine rings is 1. The molecule has 2 rings (SSSR count). The highest BCUT2D eigenvalue weighted by atomic mass is 16.3. The fourth-order valence-electron chi connectivity index (χ4n) is 2.74. The Labute approximate surface area is 139 Å². The maximum Gasteiger partial charge on any atom is 0.234 e. The first-order valence-electron chi connectivity index (χ1n) is 8.53. The van der Waals surface area contributed by atoms with E-state index in [2.05, 4.69) is 34.2 Å². The Bertz CT molecular complexity index is 482. The number of aliphatic hydroxyl groups is 1. The lowest BCUT2D eigenvalue weighted by Crippen LogP contribution is -2.49. The van der Waals surface area contributed by atoms with Crippen molar-refractivity contribution in [3.05, 3.63) is 35.4 Å². The first-order chi connectivity index (χ1) is 11.1. The average molecular weight is 319 g/mol. The third kappa shape index (κ3) is 5.94. The number of aliphatic hydroxyl groups excluding tert-OH is 1. The van der Waals surface area contributed by atoms with Crippen LogP contribution < -0.4 is 5.32 Å². The summed E-state index contributed by atoms with van der Waals surface area (Å²) in [6.45, 7) is 9.48. The Morgan fingerprint density at radius 2 is 1.70 bits per heavy atom. The molecule has 128 valence electrons. The lowest BCUT2D eigenvalue weighted by atomic mass is 10.1. The average Bonchev–Trinajstić information content (AvgIpc) is 2.57. The van der Waals surface area contributed by atoms with E-state index in [9.17, 15) is 4.79 Å². The SMILES string of the molecule is CCC(C)NC(=O)CN1CCN(Cc2ccc(CO)cc2)CC1. The number of hydrogen-bond acceptors (Lipinski definition) is 4. The Balaban J connectivity index is 1.72. The zero-order valence-electron chi connectivity index (χ0n) is 14.3. The van der Waals surface area contributed by atoms with Crippen molar-refractivity contribution < 1.29 is 9.90 Å². The van der Waals surface area contributed by atoms with Crippen LogP contribution >= 0.6 is 0 Å². The van der Waals surface area contributed by atoms with Gasteiger partial charge in [0, 0.05) is 38.8 Å². The highest BCUT2D eigenvalue weighted by molar-refractivity contribution is 5.78. The molecular formula is C18H29N3O2. The van der Waals surface area contributed by atoms with E-state index in [-0.39, 0.29) is 18.6 Å². The summed E-state index contributed by atoms with van der Waals surface area (Å²) in [4.78, 5) is 16.6. The van der Waals surface area contributed by atoms with Gasteiger partial charge in [-0.25, -0.2) is 0 Å². The van der Waals surface area contributed by atoms with E-state index in [1.807, 2.05) is 19.1 Å². The molecule has 1 aliphatic rings. The van der Waals surface area contributed by atoms with Crippen LogP contribution in [0.15, 0.2) is 24.3 Å². The third-order valence-corrected chi connectivity index (χ3v) is 4.46. The van der Waals surface area contributed by atoms with Crippen molar-refractivity contribution in [2.45, 2.75) is 39.5 Å². The van der Waals surface area contributed by atoms with Gasteiger partial charge in [-0.1, -0.05) is 31.2 Å². The van der Waals surface area contributed by atoms with Gasteiger partial charge in [-0.15, -0.1) is 0 Å². The zero-order valence-corrected chi connectivity index (χ0v) is 14.3. The lowest BCUT2D eigenvalue weighted by molar-refractivity contribution is -0.123. The van der Waals surface area contributed by atoms with E-state index in [4.69, 9.17) is 5.11 Å². The molecule has 0 aliphatic carbocycles. The number of carbonyl (C=O) groups is 1. The second-order valence-electron chi connectivity index (χ2n) is 6.40. The van der Waals surface area contributed by atoms with Crippen molar-refractivity contribution in [3.63, 3.8) is 0 Å². The Kier molecular flexibility index (Phi) is 7.02. The normalized spacial score (nSPS) is 17.9. The standard InChI is InChI=1S/C18H29N3O2/c1-3-15(2)19-18(23)13-21-10-8-20(9-11-21)12-16-4-6-17(14-22)7-5-16/h4-7,15,22H,3,8-14H2,1-2H3,(H,19,23). The van der Waals surface area contributed by atoms with E-state index in [0.717, 1.165) is 44.7 Å². The molecular weight excluding hydrogens is 290 g/mol. The topological polar surface area (TPSA) is 55.8 Å². The van der Waals surface area contributed by atoms with Gasteiger partial charge in [-0.05, 0) is 24.5 Å². The summed E-state index contributed by atoms with van der Waals surface area (Å²) in [5.74, 6) is 0.132. The summed E-state index contributed by atoms with van der Waals surface area (Å²) < 4.78 is 0. The molecule has 23 heavy (non-hydrogen) atoms. The summed E-state index contributed by atoms with van der Waals surface area (Å²) in [5, 5.41) is 12.1. The number of nitrogens with one attached hydrogen (secondary N) is 1. The van der Waals surface area contributed by atoms with Gasteiger partial charge in [0.25, 0.3) is 0 Å². The maximum atomic E-state index is 11.9. The Morgan fingerprint density at radius 3 is 2.26 bits per heavy atom. The van der Waals surface area contributed by atoms with Crippen LogP contribution in [0.3, 0.4) is 0 Å². The summed E-state index contributed by atoms with van der Waals surface area (Å²) in [6.07, 6.45) is 0.967. The minimum Gasteiger partial charge on any atom is -0.392 e. The molecule has 1 saturated heterocycles. The molecule has 1 aliphatic heterocycles. The zero-order chi connectivity index (χ0) is 16.7. The summed E-state index contributed by atoms with van der Waals surface area (Å²) in [7, 11) is 0. The van der Waals surface area contributed by atoms with Crippen LogP contribution in [-0.2, 0) is 17.9 Å². The lowest BCUT2D eigenvalue weighted by Gasteiger charge is -2.34. The fourth-order valence-corrected chi connectivity index (χ4v) is 2.74. The van der Waals surface area contributed by atoms with Gasteiger partial charge in [0.1, 0.15) is 0 Å². The molecule has 1 unspecified atom stereocenters. The number of nitrogens with zero attached hydrogens (tertiary/aromatic N) is 2. The predicted molar refractivity (Wildman–Crippen MR) is 92.0 cm³/mol. The summed E-state index contributed by atoms with van der Waals surface area (Å²) >= 11 is 0. The van der Waals surface area contributed by atoms with Crippen molar-refractivity contribution in [1.82, 2.24) is 15.1 Å². The number of hydrogen-bond donors (Lipinski definition) is 2. The van der Waals surface area contributed by atoms with Crippen LogP contribution in [0.4, 0.5) is 0 Å². The Morgan fingerprint density at radius 1 is 1.13 bits per heavy atom. The van der Waals surface area contributed by atoms with Crippen molar-refractivity contribution in [2.75, 3.05) is 32.7 Å². The van der Waals surface area contributed by atoms with Crippen LogP contribution in [0, 0.1) is 0 Å². The first kappa shape index (κ1) is 17.9. The largest absolute Gasteiger partial charge is 0.392 e. The quantitative estimate of drug-likeness (QED) is 0.793. The molecule has 2 N–H and O–H groups in total. The summed E-state index contributed by atoms with van der Waals surface area (Å²) in [5.41, 5.74) is 2.22. The van der Waals surface area contributed by atoms with Gasteiger partial charge < -0.3 is 10.4 Å². The smallest absolute Gasteiger partial charge is 0.234 e. The maximum absolute atomic E-state index is 11.9. The monoisotopic (exact) mass is 319 g/mol. The first-order valence-corrected chi connectivity index (χ1v) is 8.53. The molecule has 1 amide bonds.